The van der Waals surface area contributed by atoms with Gasteiger partial charge in [-0.1, -0.05) is 0 Å². The second kappa shape index (κ2) is 4.14. The maximum Gasteiger partial charge on any atom is 0.574 e. The molecule has 0 aliphatic rings. The van der Waals surface area contributed by atoms with E-state index >= 15 is 0 Å². The van der Waals surface area contributed by atoms with Crippen LogP contribution >= 0.6 is 0 Å². The summed E-state index contributed by atoms with van der Waals surface area (Å²) in [6, 6.07) is 2.60. The standard InChI is InChI=1S/C8H6F3N3O/c9-8(10,11)15-7-1-5(2-12)6(3-13)4-14-7/h1,4H,3,13H2. The highest BCUT2D eigenvalue weighted by Gasteiger charge is 2.31. The first-order chi connectivity index (χ1) is 6.96. The molecule has 1 rings (SSSR count). The van der Waals surface area contributed by atoms with Crippen LogP contribution in [-0.4, -0.2) is 11.3 Å². The van der Waals surface area contributed by atoms with Gasteiger partial charge in [-0.25, -0.2) is 4.98 Å². The molecule has 0 radical (unpaired) electrons. The fourth-order valence-corrected chi connectivity index (χ4v) is 0.906. The molecule has 1 heterocycles. The van der Waals surface area contributed by atoms with Gasteiger partial charge in [0, 0.05) is 24.4 Å². The van der Waals surface area contributed by atoms with E-state index in [4.69, 9.17) is 11.0 Å². The maximum atomic E-state index is 11.8. The third kappa shape index (κ3) is 3.11. The molecule has 0 unspecified atom stereocenters. The van der Waals surface area contributed by atoms with E-state index in [9.17, 15) is 13.2 Å². The van der Waals surface area contributed by atoms with Crippen LogP contribution in [0.1, 0.15) is 11.1 Å². The van der Waals surface area contributed by atoms with Gasteiger partial charge in [-0.2, -0.15) is 5.26 Å². The van der Waals surface area contributed by atoms with E-state index in [0.717, 1.165) is 12.3 Å². The van der Waals surface area contributed by atoms with E-state index < -0.39 is 12.2 Å². The van der Waals surface area contributed by atoms with Crippen LogP contribution in [0.5, 0.6) is 5.88 Å². The summed E-state index contributed by atoms with van der Waals surface area (Å²) in [4.78, 5) is 3.37. The first-order valence-electron chi connectivity index (χ1n) is 3.81. The van der Waals surface area contributed by atoms with Crippen LogP contribution in [0.4, 0.5) is 13.2 Å². The van der Waals surface area contributed by atoms with Crippen molar-refractivity contribution < 1.29 is 17.9 Å². The molecule has 0 bridgehead atoms. The molecule has 0 saturated carbocycles. The van der Waals surface area contributed by atoms with Gasteiger partial charge < -0.3 is 10.5 Å². The number of ether oxygens (including phenoxy) is 1. The van der Waals surface area contributed by atoms with E-state index in [1.165, 1.54) is 0 Å². The number of hydrogen-bond acceptors (Lipinski definition) is 4. The summed E-state index contributed by atoms with van der Waals surface area (Å²) < 4.78 is 38.9. The van der Waals surface area contributed by atoms with Crippen LogP contribution in [0.2, 0.25) is 0 Å². The molecule has 0 fully saturated rings. The topological polar surface area (TPSA) is 71.9 Å². The van der Waals surface area contributed by atoms with Crippen molar-refractivity contribution in [3.63, 3.8) is 0 Å². The van der Waals surface area contributed by atoms with Crippen molar-refractivity contribution in [2.24, 2.45) is 5.73 Å². The minimum absolute atomic E-state index is 0.0201. The Balaban J connectivity index is 3.00. The van der Waals surface area contributed by atoms with E-state index in [1.807, 2.05) is 0 Å². The van der Waals surface area contributed by atoms with E-state index in [0.29, 0.717) is 5.56 Å². The zero-order valence-electron chi connectivity index (χ0n) is 7.38. The lowest BCUT2D eigenvalue weighted by Gasteiger charge is -2.08. The fraction of sp³-hybridized carbons (Fsp3) is 0.250. The van der Waals surface area contributed by atoms with Crippen molar-refractivity contribution in [2.75, 3.05) is 0 Å². The summed E-state index contributed by atoms with van der Waals surface area (Å²) in [6.45, 7) is 0.0300. The predicted octanol–water partition coefficient (Wildman–Crippen LogP) is 1.31. The first kappa shape index (κ1) is 11.3. The van der Waals surface area contributed by atoms with Gasteiger partial charge in [0.1, 0.15) is 0 Å². The van der Waals surface area contributed by atoms with Gasteiger partial charge in [-0.05, 0) is 0 Å². The molecule has 0 aromatic carbocycles. The lowest BCUT2D eigenvalue weighted by atomic mass is 10.1. The monoisotopic (exact) mass is 217 g/mol. The molecule has 0 aliphatic carbocycles. The van der Waals surface area contributed by atoms with Crippen molar-refractivity contribution in [1.82, 2.24) is 4.98 Å². The number of nitrogens with zero attached hydrogens (tertiary/aromatic N) is 2. The summed E-state index contributed by atoms with van der Waals surface area (Å²) in [6.07, 6.45) is -3.73. The lowest BCUT2D eigenvalue weighted by Crippen LogP contribution is -2.18. The Labute approximate surface area is 83.1 Å². The second-order valence-corrected chi connectivity index (χ2v) is 2.54. The number of alkyl halides is 3. The van der Waals surface area contributed by atoms with Gasteiger partial charge in [0.15, 0.2) is 0 Å². The second-order valence-electron chi connectivity index (χ2n) is 2.54. The minimum Gasteiger partial charge on any atom is -0.388 e. The van der Waals surface area contributed by atoms with Crippen LogP contribution in [0.25, 0.3) is 0 Å². The van der Waals surface area contributed by atoms with Gasteiger partial charge in [-0.3, -0.25) is 0 Å². The van der Waals surface area contributed by atoms with Gasteiger partial charge in [0.05, 0.1) is 11.6 Å². The van der Waals surface area contributed by atoms with Crippen molar-refractivity contribution in [2.45, 2.75) is 12.9 Å². The van der Waals surface area contributed by atoms with Crippen LogP contribution in [0.15, 0.2) is 12.3 Å². The zero-order chi connectivity index (χ0) is 11.5. The minimum atomic E-state index is -4.82. The van der Waals surface area contributed by atoms with Crippen LogP contribution in [0, 0.1) is 11.3 Å². The van der Waals surface area contributed by atoms with Crippen LogP contribution in [0.3, 0.4) is 0 Å². The highest BCUT2D eigenvalue weighted by atomic mass is 19.4. The third-order valence-corrected chi connectivity index (χ3v) is 1.52. The predicted molar refractivity (Wildman–Crippen MR) is 43.5 cm³/mol. The Hall–Kier alpha value is -1.81. The molecular formula is C8H6F3N3O. The Morgan fingerprint density at radius 3 is 2.67 bits per heavy atom. The molecule has 0 amide bonds. The van der Waals surface area contributed by atoms with Crippen molar-refractivity contribution >= 4 is 0 Å². The smallest absolute Gasteiger partial charge is 0.388 e. The van der Waals surface area contributed by atoms with E-state index in [2.05, 4.69) is 9.72 Å². The zero-order valence-corrected chi connectivity index (χ0v) is 7.38. The molecule has 1 aromatic rings. The van der Waals surface area contributed by atoms with E-state index in [-0.39, 0.29) is 12.1 Å². The Kier molecular flexibility index (Phi) is 3.11. The number of nitriles is 1. The summed E-state index contributed by atoms with van der Waals surface area (Å²) in [7, 11) is 0. The molecule has 0 atom stereocenters. The van der Waals surface area contributed by atoms with E-state index in [1.54, 1.807) is 6.07 Å². The largest absolute Gasteiger partial charge is 0.574 e. The number of halogens is 3. The number of nitrogens with two attached hydrogens (primary N) is 1. The molecule has 2 N–H and O–H groups in total. The Morgan fingerprint density at radius 1 is 1.53 bits per heavy atom. The molecule has 1 aromatic heterocycles. The van der Waals surface area contributed by atoms with Gasteiger partial charge >= 0.3 is 6.36 Å². The molecular weight excluding hydrogens is 211 g/mol. The van der Waals surface area contributed by atoms with Gasteiger partial charge in [-0.15, -0.1) is 13.2 Å². The van der Waals surface area contributed by atoms with Crippen molar-refractivity contribution in [1.29, 1.82) is 5.26 Å². The SMILES string of the molecule is N#Cc1cc(OC(F)(F)F)ncc1CN. The normalized spacial score (nSPS) is 10.9. The lowest BCUT2D eigenvalue weighted by molar-refractivity contribution is -0.276. The number of rotatable bonds is 2. The van der Waals surface area contributed by atoms with Gasteiger partial charge in [0.2, 0.25) is 5.88 Å². The number of hydrogen-bond donors (Lipinski definition) is 1. The summed E-state index contributed by atoms with van der Waals surface area (Å²) in [5, 5.41) is 8.60. The average Bonchev–Trinajstić information content (AvgIpc) is 2.15. The molecule has 15 heavy (non-hydrogen) atoms. The number of aromatic nitrogens is 1. The summed E-state index contributed by atoms with van der Waals surface area (Å²) >= 11 is 0. The Morgan fingerprint density at radius 2 is 2.20 bits per heavy atom. The molecule has 4 nitrogen and oxygen atoms in total. The van der Waals surface area contributed by atoms with Crippen molar-refractivity contribution in [3.8, 4) is 11.9 Å². The van der Waals surface area contributed by atoms with Crippen LogP contribution < -0.4 is 10.5 Å². The maximum absolute atomic E-state index is 11.8. The molecule has 80 valence electrons. The first-order valence-corrected chi connectivity index (χ1v) is 3.81. The molecule has 0 saturated heterocycles. The summed E-state index contributed by atoms with van der Waals surface area (Å²) in [5.41, 5.74) is 5.64. The fourth-order valence-electron chi connectivity index (χ4n) is 0.906. The molecule has 7 heteroatoms. The number of pyridine rings is 1. The summed E-state index contributed by atoms with van der Waals surface area (Å²) in [5.74, 6) is -0.670. The molecule has 0 aliphatic heterocycles. The van der Waals surface area contributed by atoms with Crippen LogP contribution in [-0.2, 0) is 6.54 Å². The Bertz CT molecular complexity index is 397. The third-order valence-electron chi connectivity index (χ3n) is 1.52. The van der Waals surface area contributed by atoms with Crippen molar-refractivity contribution in [3.05, 3.63) is 23.4 Å². The highest BCUT2D eigenvalue weighted by Crippen LogP contribution is 2.22. The average molecular weight is 217 g/mol. The highest BCUT2D eigenvalue weighted by molar-refractivity contribution is 5.38. The quantitative estimate of drug-likeness (QED) is 0.810. The van der Waals surface area contributed by atoms with Gasteiger partial charge in [0.25, 0.3) is 0 Å². The molecule has 0 spiro atoms.